The smallest absolute Gasteiger partial charge is 0.406 e. The van der Waals surface area contributed by atoms with Gasteiger partial charge in [-0.1, -0.05) is 10.4 Å². The third-order valence-electron chi connectivity index (χ3n) is 6.80. The first kappa shape index (κ1) is 39.0. The molecule has 22 heteroatoms. The van der Waals surface area contributed by atoms with Gasteiger partial charge in [0.25, 0.3) is 0 Å². The maximum atomic E-state index is 14.0. The first-order chi connectivity index (χ1) is 25.1. The third kappa shape index (κ3) is 10.0. The van der Waals surface area contributed by atoms with E-state index in [1.807, 2.05) is 0 Å². The number of nitrogens with zero attached hydrogens (tertiary/aromatic N) is 6. The number of aromatic nitrogens is 6. The van der Waals surface area contributed by atoms with Gasteiger partial charge >= 0.3 is 25.1 Å². The van der Waals surface area contributed by atoms with E-state index in [9.17, 15) is 61.5 Å². The molecule has 0 amide bonds. The van der Waals surface area contributed by atoms with Crippen LogP contribution in [0.1, 0.15) is 11.1 Å². The predicted octanol–water partition coefficient (Wildman–Crippen LogP) is 9.98. The van der Waals surface area contributed by atoms with E-state index in [1.54, 1.807) is 0 Å². The molecule has 0 radical (unpaired) electrons. The largest absolute Gasteiger partial charge is 0.573 e. The van der Waals surface area contributed by atoms with Crippen LogP contribution in [-0.2, 0) is 12.4 Å². The summed E-state index contributed by atoms with van der Waals surface area (Å²) in [6.07, 6.45) is -16.6. The maximum Gasteiger partial charge on any atom is 0.573 e. The van der Waals surface area contributed by atoms with Crippen LogP contribution in [0.5, 0.6) is 11.5 Å². The second-order valence-corrected chi connectivity index (χ2v) is 10.6. The van der Waals surface area contributed by atoms with Crippen LogP contribution in [0.15, 0.2) is 97.3 Å². The number of benzene rings is 4. The minimum absolute atomic E-state index is 0.174. The van der Waals surface area contributed by atoms with Gasteiger partial charge in [0.05, 0.1) is 23.5 Å². The lowest BCUT2D eigenvalue weighted by Gasteiger charge is -2.09. The van der Waals surface area contributed by atoms with Crippen molar-refractivity contribution < 1.29 is 70.9 Å². The second-order valence-electron chi connectivity index (χ2n) is 10.6. The fourth-order valence-electron chi connectivity index (χ4n) is 4.42. The number of hydrogen-bond donors (Lipinski definition) is 0. The molecule has 6 aromatic rings. The van der Waals surface area contributed by atoms with Crippen LogP contribution >= 0.6 is 0 Å². The van der Waals surface area contributed by atoms with Gasteiger partial charge in [0, 0.05) is 11.1 Å². The monoisotopic (exact) mass is 782 g/mol. The van der Waals surface area contributed by atoms with E-state index in [2.05, 4.69) is 30.1 Å². The summed E-state index contributed by atoms with van der Waals surface area (Å²) in [4.78, 5) is 0. The molecule has 2 heterocycles. The number of alkyl halides is 12. The molecule has 4 aromatic carbocycles. The van der Waals surface area contributed by atoms with Crippen molar-refractivity contribution in [3.8, 4) is 45.4 Å². The van der Waals surface area contributed by atoms with Gasteiger partial charge in [-0.3, -0.25) is 0 Å². The first-order valence-corrected chi connectivity index (χ1v) is 14.4. The van der Waals surface area contributed by atoms with E-state index < -0.39 is 59.3 Å². The summed E-state index contributed by atoms with van der Waals surface area (Å²) in [7, 11) is 0. The number of halogens is 14. The lowest BCUT2D eigenvalue weighted by Crippen LogP contribution is -2.16. The standard InChI is InChI=1S/2C16H8F7N3O/c2*17-12-7-10(15(18,19)20)3-6-14(12)26-8-13(24-25-26)9-1-4-11(5-2-9)27-16(21,22)23/h2*1-8H. The molecule has 0 aliphatic heterocycles. The van der Waals surface area contributed by atoms with Crippen molar-refractivity contribution in [2.24, 2.45) is 0 Å². The van der Waals surface area contributed by atoms with Crippen molar-refractivity contribution in [1.29, 1.82) is 0 Å². The van der Waals surface area contributed by atoms with E-state index in [4.69, 9.17) is 0 Å². The Morgan fingerprint density at radius 3 is 1.06 bits per heavy atom. The molecule has 0 fully saturated rings. The van der Waals surface area contributed by atoms with Gasteiger partial charge in [-0.25, -0.2) is 18.1 Å². The zero-order valence-electron chi connectivity index (χ0n) is 26.0. The molecule has 54 heavy (non-hydrogen) atoms. The zero-order chi connectivity index (χ0) is 39.6. The van der Waals surface area contributed by atoms with Crippen LogP contribution in [0.3, 0.4) is 0 Å². The highest BCUT2D eigenvalue weighted by Gasteiger charge is 2.33. The molecular formula is C32H16F14N6O2. The second kappa shape index (κ2) is 14.7. The summed E-state index contributed by atoms with van der Waals surface area (Å²) in [6, 6.07) is 13.2. The number of rotatable bonds is 6. The van der Waals surface area contributed by atoms with Crippen LogP contribution in [0.2, 0.25) is 0 Å². The molecule has 0 bridgehead atoms. The summed E-state index contributed by atoms with van der Waals surface area (Å²) < 4.78 is 186. The fraction of sp³-hybridized carbons (Fsp3) is 0.125. The van der Waals surface area contributed by atoms with Crippen molar-refractivity contribution >= 4 is 0 Å². The van der Waals surface area contributed by atoms with Gasteiger partial charge < -0.3 is 9.47 Å². The minimum Gasteiger partial charge on any atom is -0.406 e. The quantitative estimate of drug-likeness (QED) is 0.157. The summed E-state index contributed by atoms with van der Waals surface area (Å²) in [6.45, 7) is 0. The third-order valence-corrected chi connectivity index (χ3v) is 6.80. The Bertz CT molecular complexity index is 2050. The summed E-state index contributed by atoms with van der Waals surface area (Å²) in [5, 5.41) is 14.7. The van der Waals surface area contributed by atoms with Crippen LogP contribution in [-0.4, -0.2) is 42.7 Å². The molecule has 284 valence electrons. The topological polar surface area (TPSA) is 79.9 Å². The van der Waals surface area contributed by atoms with Gasteiger partial charge in [-0.15, -0.1) is 36.5 Å². The van der Waals surface area contributed by atoms with Crippen molar-refractivity contribution in [3.63, 3.8) is 0 Å². The number of ether oxygens (including phenoxy) is 2. The summed E-state index contributed by atoms with van der Waals surface area (Å²) >= 11 is 0. The summed E-state index contributed by atoms with van der Waals surface area (Å²) in [5.41, 5.74) is -1.78. The van der Waals surface area contributed by atoms with Crippen LogP contribution in [0.4, 0.5) is 61.5 Å². The fourth-order valence-corrected chi connectivity index (χ4v) is 4.42. The Morgan fingerprint density at radius 1 is 0.444 bits per heavy atom. The SMILES string of the molecule is Fc1cc(C(F)(F)F)ccc1-n1cc(-c2ccc(OC(F)(F)F)cc2)nn1.Fc1cc(C(F)(F)F)ccc1-n1cc(-c2ccc(OC(F)(F)F)cc2)nn1. The molecule has 8 nitrogen and oxygen atoms in total. The van der Waals surface area contributed by atoms with Crippen LogP contribution < -0.4 is 9.47 Å². The van der Waals surface area contributed by atoms with E-state index in [1.165, 1.54) is 36.7 Å². The van der Waals surface area contributed by atoms with Gasteiger partial charge in [0.15, 0.2) is 0 Å². The Hall–Kier alpha value is -6.22. The van der Waals surface area contributed by atoms with Gasteiger partial charge in [0.2, 0.25) is 0 Å². The Kier molecular flexibility index (Phi) is 10.6. The van der Waals surface area contributed by atoms with Gasteiger partial charge in [-0.05, 0) is 84.9 Å². The van der Waals surface area contributed by atoms with E-state index >= 15 is 0 Å². The zero-order valence-corrected chi connectivity index (χ0v) is 26.0. The highest BCUT2D eigenvalue weighted by Crippen LogP contribution is 2.33. The van der Waals surface area contributed by atoms with Gasteiger partial charge in [0.1, 0.15) is 45.9 Å². The van der Waals surface area contributed by atoms with Crippen LogP contribution in [0, 0.1) is 11.6 Å². The molecule has 0 saturated heterocycles. The number of hydrogen-bond acceptors (Lipinski definition) is 6. The van der Waals surface area contributed by atoms with Crippen LogP contribution in [0.25, 0.3) is 33.9 Å². The lowest BCUT2D eigenvalue weighted by atomic mass is 10.1. The Balaban J connectivity index is 0.000000208. The van der Waals surface area contributed by atoms with Crippen molar-refractivity contribution in [2.45, 2.75) is 25.1 Å². The van der Waals surface area contributed by atoms with E-state index in [0.29, 0.717) is 35.4 Å². The van der Waals surface area contributed by atoms with Crippen molar-refractivity contribution in [3.05, 3.63) is 120 Å². The predicted molar refractivity (Wildman–Crippen MR) is 157 cm³/mol. The molecule has 2 aromatic heterocycles. The normalized spacial score (nSPS) is 12.3. The molecule has 0 aliphatic rings. The highest BCUT2D eigenvalue weighted by molar-refractivity contribution is 5.60. The molecule has 6 rings (SSSR count). The van der Waals surface area contributed by atoms with Gasteiger partial charge in [-0.2, -0.15) is 26.3 Å². The maximum absolute atomic E-state index is 14.0. The molecule has 0 spiro atoms. The van der Waals surface area contributed by atoms with E-state index in [-0.39, 0.29) is 22.8 Å². The summed E-state index contributed by atoms with van der Waals surface area (Å²) in [5.74, 6) is -3.19. The minimum atomic E-state index is -4.83. The highest BCUT2D eigenvalue weighted by atomic mass is 19.4. The lowest BCUT2D eigenvalue weighted by molar-refractivity contribution is -0.275. The Labute approximate surface area is 291 Å². The molecule has 0 atom stereocenters. The molecular weight excluding hydrogens is 766 g/mol. The molecule has 0 unspecified atom stereocenters. The van der Waals surface area contributed by atoms with Crippen molar-refractivity contribution in [2.75, 3.05) is 0 Å². The Morgan fingerprint density at radius 2 is 0.778 bits per heavy atom. The molecule has 0 N–H and O–H groups in total. The van der Waals surface area contributed by atoms with Crippen molar-refractivity contribution in [1.82, 2.24) is 30.0 Å². The first-order valence-electron chi connectivity index (χ1n) is 14.4. The molecule has 0 saturated carbocycles. The average molecular weight is 782 g/mol. The average Bonchev–Trinajstić information content (AvgIpc) is 3.75. The van der Waals surface area contributed by atoms with E-state index in [0.717, 1.165) is 45.8 Å². The molecule has 0 aliphatic carbocycles.